The number of amides is 1. The molecule has 19 heavy (non-hydrogen) atoms. The summed E-state index contributed by atoms with van der Waals surface area (Å²) in [5.74, 6) is 0.573. The van der Waals surface area contributed by atoms with Crippen molar-refractivity contribution in [2.45, 2.75) is 18.9 Å². The zero-order valence-corrected chi connectivity index (χ0v) is 10.3. The van der Waals surface area contributed by atoms with Gasteiger partial charge in [0.1, 0.15) is 6.33 Å². The van der Waals surface area contributed by atoms with E-state index in [4.69, 9.17) is 5.11 Å². The maximum atomic E-state index is 11.1. The fraction of sp³-hybridized carbons (Fsp3) is 0.308. The van der Waals surface area contributed by atoms with Gasteiger partial charge in [0.25, 0.3) is 0 Å². The molecule has 1 aromatic carbocycles. The highest BCUT2D eigenvalue weighted by Gasteiger charge is 2.32. The normalized spacial score (nSPS) is 18.7. The Balaban J connectivity index is 1.87. The molecule has 1 saturated heterocycles. The van der Waals surface area contributed by atoms with Gasteiger partial charge in [-0.25, -0.2) is 14.5 Å². The minimum atomic E-state index is -0.904. The zero-order valence-electron chi connectivity index (χ0n) is 10.3. The molecule has 2 heterocycles. The molecule has 0 unspecified atom stereocenters. The van der Waals surface area contributed by atoms with E-state index in [2.05, 4.69) is 10.1 Å². The van der Waals surface area contributed by atoms with E-state index in [-0.39, 0.29) is 6.04 Å². The second-order valence-corrected chi connectivity index (χ2v) is 4.52. The molecule has 0 radical (unpaired) electrons. The van der Waals surface area contributed by atoms with Gasteiger partial charge in [-0.05, 0) is 25.0 Å². The minimum absolute atomic E-state index is 0.220. The number of likely N-dealkylation sites (tertiary alicyclic amines) is 1. The van der Waals surface area contributed by atoms with Crippen molar-refractivity contribution in [3.63, 3.8) is 0 Å². The van der Waals surface area contributed by atoms with Crippen LogP contribution >= 0.6 is 0 Å². The molecular formula is C13H14N4O2. The lowest BCUT2D eigenvalue weighted by Crippen LogP contribution is -2.29. The molecule has 1 atom stereocenters. The third kappa shape index (κ3) is 2.16. The van der Waals surface area contributed by atoms with E-state index >= 15 is 0 Å². The maximum Gasteiger partial charge on any atom is 0.407 e. The highest BCUT2D eigenvalue weighted by molar-refractivity contribution is 5.66. The van der Waals surface area contributed by atoms with Gasteiger partial charge >= 0.3 is 6.09 Å². The van der Waals surface area contributed by atoms with Crippen LogP contribution in [0.4, 0.5) is 4.79 Å². The number of carboxylic acid groups (broad SMARTS) is 1. The Labute approximate surface area is 110 Å². The van der Waals surface area contributed by atoms with Crippen molar-refractivity contribution in [2.75, 3.05) is 6.54 Å². The van der Waals surface area contributed by atoms with Crippen molar-refractivity contribution in [1.82, 2.24) is 19.7 Å². The van der Waals surface area contributed by atoms with Crippen LogP contribution in [-0.4, -0.2) is 37.4 Å². The lowest BCUT2D eigenvalue weighted by molar-refractivity contribution is 0.138. The topological polar surface area (TPSA) is 71.2 Å². The summed E-state index contributed by atoms with van der Waals surface area (Å²) in [6.07, 6.45) is 2.36. The van der Waals surface area contributed by atoms with E-state index in [0.717, 1.165) is 18.5 Å². The van der Waals surface area contributed by atoms with Gasteiger partial charge in [-0.2, -0.15) is 0 Å². The molecule has 1 fully saturated rings. The van der Waals surface area contributed by atoms with Crippen molar-refractivity contribution < 1.29 is 9.90 Å². The summed E-state index contributed by atoms with van der Waals surface area (Å²) in [5, 5.41) is 13.5. The first kappa shape index (κ1) is 11.7. The summed E-state index contributed by atoms with van der Waals surface area (Å²) in [5.41, 5.74) is 0.918. The highest BCUT2D eigenvalue weighted by Crippen LogP contribution is 2.29. The molecule has 2 aromatic rings. The molecular weight excluding hydrogens is 244 g/mol. The number of benzene rings is 1. The molecule has 0 bridgehead atoms. The van der Waals surface area contributed by atoms with Crippen molar-refractivity contribution in [3.05, 3.63) is 42.5 Å². The molecule has 1 aromatic heterocycles. The number of hydrogen-bond donors (Lipinski definition) is 1. The van der Waals surface area contributed by atoms with Crippen LogP contribution < -0.4 is 0 Å². The van der Waals surface area contributed by atoms with Gasteiger partial charge in [0.2, 0.25) is 0 Å². The SMILES string of the molecule is O=C(O)N1CCC[C@H]1c1ncn(-c2ccccc2)n1. The van der Waals surface area contributed by atoms with Crippen LogP contribution in [0.3, 0.4) is 0 Å². The molecule has 3 rings (SSSR count). The van der Waals surface area contributed by atoms with E-state index in [1.165, 1.54) is 4.90 Å². The number of carbonyl (C=O) groups is 1. The highest BCUT2D eigenvalue weighted by atomic mass is 16.4. The molecule has 1 amide bonds. The Hall–Kier alpha value is -2.37. The second kappa shape index (κ2) is 4.72. The van der Waals surface area contributed by atoms with Gasteiger partial charge in [-0.15, -0.1) is 5.10 Å². The lowest BCUT2D eigenvalue weighted by Gasteiger charge is -2.18. The second-order valence-electron chi connectivity index (χ2n) is 4.52. The number of rotatable bonds is 2. The Kier molecular flexibility index (Phi) is 2.91. The number of hydrogen-bond acceptors (Lipinski definition) is 3. The third-order valence-electron chi connectivity index (χ3n) is 3.33. The van der Waals surface area contributed by atoms with Crippen molar-refractivity contribution in [2.24, 2.45) is 0 Å². The van der Waals surface area contributed by atoms with Crippen molar-refractivity contribution >= 4 is 6.09 Å². The summed E-state index contributed by atoms with van der Waals surface area (Å²) in [6, 6.07) is 9.43. The predicted molar refractivity (Wildman–Crippen MR) is 68.1 cm³/mol. The summed E-state index contributed by atoms with van der Waals surface area (Å²) in [4.78, 5) is 16.8. The van der Waals surface area contributed by atoms with Gasteiger partial charge < -0.3 is 5.11 Å². The van der Waals surface area contributed by atoms with Crippen LogP contribution in [0.1, 0.15) is 24.7 Å². The van der Waals surface area contributed by atoms with Crippen LogP contribution in [0.2, 0.25) is 0 Å². The first-order valence-electron chi connectivity index (χ1n) is 6.22. The van der Waals surface area contributed by atoms with Gasteiger partial charge in [0, 0.05) is 6.54 Å². The fourth-order valence-corrected chi connectivity index (χ4v) is 2.40. The maximum absolute atomic E-state index is 11.1. The van der Waals surface area contributed by atoms with Crippen LogP contribution in [0, 0.1) is 0 Å². The van der Waals surface area contributed by atoms with E-state index in [9.17, 15) is 4.79 Å². The molecule has 1 aliphatic heterocycles. The fourth-order valence-electron chi connectivity index (χ4n) is 2.40. The summed E-state index contributed by atoms with van der Waals surface area (Å²) < 4.78 is 1.67. The average Bonchev–Trinajstić information content (AvgIpc) is 3.08. The van der Waals surface area contributed by atoms with Crippen LogP contribution in [0.5, 0.6) is 0 Å². The van der Waals surface area contributed by atoms with Gasteiger partial charge in [0.05, 0.1) is 11.7 Å². The standard InChI is InChI=1S/C13H14N4O2/c18-13(19)16-8-4-7-11(16)12-14-9-17(15-12)10-5-2-1-3-6-10/h1-3,5-6,9,11H,4,7-8H2,(H,18,19)/t11-/m0/s1. The monoisotopic (exact) mass is 258 g/mol. The Morgan fingerprint density at radius 2 is 2.11 bits per heavy atom. The Bertz CT molecular complexity index is 581. The predicted octanol–water partition coefficient (Wildman–Crippen LogP) is 2.08. The molecule has 6 heteroatoms. The van der Waals surface area contributed by atoms with Crippen LogP contribution in [-0.2, 0) is 0 Å². The quantitative estimate of drug-likeness (QED) is 0.895. The smallest absolute Gasteiger partial charge is 0.407 e. The van der Waals surface area contributed by atoms with E-state index < -0.39 is 6.09 Å². The largest absolute Gasteiger partial charge is 0.465 e. The van der Waals surface area contributed by atoms with Crippen molar-refractivity contribution in [3.8, 4) is 5.69 Å². The molecule has 0 spiro atoms. The van der Waals surface area contributed by atoms with E-state index in [1.807, 2.05) is 30.3 Å². The molecule has 6 nitrogen and oxygen atoms in total. The molecule has 0 saturated carbocycles. The van der Waals surface area contributed by atoms with Gasteiger partial charge in [0.15, 0.2) is 5.82 Å². The summed E-state index contributed by atoms with van der Waals surface area (Å²) in [6.45, 7) is 0.555. The molecule has 1 N–H and O–H groups in total. The van der Waals surface area contributed by atoms with E-state index in [0.29, 0.717) is 12.4 Å². The molecule has 0 aliphatic carbocycles. The molecule has 98 valence electrons. The average molecular weight is 258 g/mol. The number of para-hydroxylation sites is 1. The summed E-state index contributed by atoms with van der Waals surface area (Å²) >= 11 is 0. The minimum Gasteiger partial charge on any atom is -0.465 e. The van der Waals surface area contributed by atoms with Gasteiger partial charge in [-0.3, -0.25) is 4.90 Å². The molecule has 1 aliphatic rings. The van der Waals surface area contributed by atoms with Crippen LogP contribution in [0.15, 0.2) is 36.7 Å². The first-order valence-corrected chi connectivity index (χ1v) is 6.22. The number of nitrogens with zero attached hydrogens (tertiary/aromatic N) is 4. The number of aromatic nitrogens is 3. The Morgan fingerprint density at radius 3 is 2.84 bits per heavy atom. The summed E-state index contributed by atoms with van der Waals surface area (Å²) in [7, 11) is 0. The third-order valence-corrected chi connectivity index (χ3v) is 3.33. The lowest BCUT2D eigenvalue weighted by atomic mass is 10.2. The van der Waals surface area contributed by atoms with Crippen LogP contribution in [0.25, 0.3) is 5.69 Å². The Morgan fingerprint density at radius 1 is 1.32 bits per heavy atom. The first-order chi connectivity index (χ1) is 9.25. The zero-order chi connectivity index (χ0) is 13.2. The van der Waals surface area contributed by atoms with E-state index in [1.54, 1.807) is 11.0 Å². The van der Waals surface area contributed by atoms with Gasteiger partial charge in [-0.1, -0.05) is 18.2 Å². The van der Waals surface area contributed by atoms with Crippen molar-refractivity contribution in [1.29, 1.82) is 0 Å².